The number of hydrogen-bond acceptors (Lipinski definition) is 3. The fourth-order valence-corrected chi connectivity index (χ4v) is 3.78. The Bertz CT molecular complexity index is 593. The number of methoxy groups -OCH3 is 1. The minimum absolute atomic E-state index is 0.0000310. The zero-order chi connectivity index (χ0) is 17.6. The number of carbonyl (C=O) groups is 2. The molecule has 1 aromatic carbocycles. The minimum Gasteiger partial charge on any atom is -0.379 e. The first-order chi connectivity index (χ1) is 12.2. The van der Waals surface area contributed by atoms with Gasteiger partial charge in [-0.05, 0) is 37.7 Å². The highest BCUT2D eigenvalue weighted by Gasteiger charge is 2.32. The van der Waals surface area contributed by atoms with Gasteiger partial charge in [0.1, 0.15) is 6.04 Å². The molecule has 6 nitrogen and oxygen atoms in total. The number of carbonyl (C=O) groups excluding carboxylic acids is 2. The van der Waals surface area contributed by atoms with Crippen LogP contribution in [0, 0.1) is 0 Å². The number of nitrogens with zero attached hydrogens (tertiary/aromatic N) is 1. The maximum absolute atomic E-state index is 12.7. The largest absolute Gasteiger partial charge is 0.379 e. The maximum atomic E-state index is 12.7. The van der Waals surface area contributed by atoms with Gasteiger partial charge in [0.2, 0.25) is 5.91 Å². The summed E-state index contributed by atoms with van der Waals surface area (Å²) in [6.07, 6.45) is 4.60. The Kier molecular flexibility index (Phi) is 5.91. The fraction of sp³-hybridized carbons (Fsp3) is 0.579. The maximum Gasteiger partial charge on any atom is 0.315 e. The van der Waals surface area contributed by atoms with Gasteiger partial charge < -0.3 is 20.3 Å². The van der Waals surface area contributed by atoms with Crippen molar-refractivity contribution in [2.75, 3.05) is 13.7 Å². The van der Waals surface area contributed by atoms with Crippen LogP contribution in [0.15, 0.2) is 30.3 Å². The summed E-state index contributed by atoms with van der Waals surface area (Å²) >= 11 is 0. The summed E-state index contributed by atoms with van der Waals surface area (Å²) < 4.78 is 5.40. The van der Waals surface area contributed by atoms with Crippen LogP contribution in [-0.4, -0.2) is 48.7 Å². The van der Waals surface area contributed by atoms with Crippen LogP contribution in [0.3, 0.4) is 0 Å². The van der Waals surface area contributed by atoms with Crippen molar-refractivity contribution < 1.29 is 14.3 Å². The lowest BCUT2D eigenvalue weighted by Crippen LogP contribution is -2.55. The van der Waals surface area contributed by atoms with Crippen molar-refractivity contribution in [2.24, 2.45) is 0 Å². The van der Waals surface area contributed by atoms with Crippen molar-refractivity contribution in [1.82, 2.24) is 15.5 Å². The predicted octanol–water partition coefficient (Wildman–Crippen LogP) is 2.04. The average molecular weight is 345 g/mol. The number of hydrogen-bond donors (Lipinski definition) is 2. The Morgan fingerprint density at radius 3 is 2.72 bits per heavy atom. The highest BCUT2D eigenvalue weighted by atomic mass is 16.5. The van der Waals surface area contributed by atoms with Crippen molar-refractivity contribution in [2.45, 2.75) is 56.8 Å². The molecule has 3 atom stereocenters. The molecule has 136 valence electrons. The van der Waals surface area contributed by atoms with Gasteiger partial charge in [-0.25, -0.2) is 4.79 Å². The molecule has 2 fully saturated rings. The quantitative estimate of drug-likeness (QED) is 0.858. The Morgan fingerprint density at radius 1 is 1.16 bits per heavy atom. The van der Waals surface area contributed by atoms with Gasteiger partial charge >= 0.3 is 6.03 Å². The second kappa shape index (κ2) is 8.34. The third-order valence-corrected chi connectivity index (χ3v) is 5.12. The normalized spacial score (nSPS) is 26.5. The van der Waals surface area contributed by atoms with Crippen LogP contribution in [0.4, 0.5) is 4.79 Å². The van der Waals surface area contributed by atoms with E-state index in [1.54, 1.807) is 7.11 Å². The van der Waals surface area contributed by atoms with Crippen molar-refractivity contribution in [3.63, 3.8) is 0 Å². The summed E-state index contributed by atoms with van der Waals surface area (Å²) in [5, 5.41) is 5.83. The summed E-state index contributed by atoms with van der Waals surface area (Å²) in [7, 11) is 1.68. The standard InChI is InChI=1S/C19H27N3O3/c1-25-17-11-5-9-15(17)20-19(24)21-16-10-6-12-22(18(16)23)13-14-7-3-2-4-8-14/h2-4,7-8,15-17H,5-6,9-13H2,1H3,(H2,20,21,24)/t15-,16+,17-/m1/s1. The van der Waals surface area contributed by atoms with Crippen LogP contribution in [0.2, 0.25) is 0 Å². The molecule has 1 aliphatic heterocycles. The average Bonchev–Trinajstić information content (AvgIpc) is 3.06. The lowest BCUT2D eigenvalue weighted by molar-refractivity contribution is -0.136. The topological polar surface area (TPSA) is 70.7 Å². The summed E-state index contributed by atoms with van der Waals surface area (Å²) in [5.41, 5.74) is 1.11. The Balaban J connectivity index is 1.53. The predicted molar refractivity (Wildman–Crippen MR) is 95.0 cm³/mol. The molecule has 1 aromatic rings. The second-order valence-electron chi connectivity index (χ2n) is 6.87. The molecule has 2 N–H and O–H groups in total. The first-order valence-corrected chi connectivity index (χ1v) is 9.10. The molecule has 1 saturated heterocycles. The number of likely N-dealkylation sites (tertiary alicyclic amines) is 1. The number of amides is 3. The van der Waals surface area contributed by atoms with Crippen molar-refractivity contribution in [3.8, 4) is 0 Å². The van der Waals surface area contributed by atoms with E-state index in [1.807, 2.05) is 35.2 Å². The van der Waals surface area contributed by atoms with Gasteiger partial charge in [0.25, 0.3) is 0 Å². The first-order valence-electron chi connectivity index (χ1n) is 9.10. The van der Waals surface area contributed by atoms with E-state index in [0.717, 1.165) is 37.8 Å². The molecule has 2 aliphatic rings. The lowest BCUT2D eigenvalue weighted by Gasteiger charge is -2.33. The van der Waals surface area contributed by atoms with Crippen LogP contribution in [0.5, 0.6) is 0 Å². The monoisotopic (exact) mass is 345 g/mol. The Labute approximate surface area is 148 Å². The number of benzene rings is 1. The minimum atomic E-state index is -0.445. The molecule has 0 aromatic heterocycles. The highest BCUT2D eigenvalue weighted by Crippen LogP contribution is 2.21. The Hall–Kier alpha value is -2.08. The van der Waals surface area contributed by atoms with E-state index in [4.69, 9.17) is 4.74 Å². The molecule has 0 radical (unpaired) electrons. The van der Waals surface area contributed by atoms with Crippen molar-refractivity contribution >= 4 is 11.9 Å². The molecule has 1 aliphatic carbocycles. The lowest BCUT2D eigenvalue weighted by atomic mass is 10.0. The van der Waals surface area contributed by atoms with Crippen molar-refractivity contribution in [1.29, 1.82) is 0 Å². The molecule has 3 amide bonds. The van der Waals surface area contributed by atoms with Crippen LogP contribution in [0.25, 0.3) is 0 Å². The second-order valence-corrected chi connectivity index (χ2v) is 6.87. The number of nitrogens with one attached hydrogen (secondary N) is 2. The summed E-state index contributed by atoms with van der Waals surface area (Å²) in [6.45, 7) is 1.33. The van der Waals surface area contributed by atoms with Crippen LogP contribution in [0.1, 0.15) is 37.7 Å². The molecular weight excluding hydrogens is 318 g/mol. The van der Waals surface area contributed by atoms with Gasteiger partial charge in [0, 0.05) is 20.2 Å². The van der Waals surface area contributed by atoms with E-state index in [0.29, 0.717) is 13.0 Å². The fourth-order valence-electron chi connectivity index (χ4n) is 3.78. The van der Waals surface area contributed by atoms with E-state index in [1.165, 1.54) is 0 Å². The van der Waals surface area contributed by atoms with E-state index in [2.05, 4.69) is 10.6 Å². The van der Waals surface area contributed by atoms with E-state index in [-0.39, 0.29) is 24.1 Å². The third-order valence-electron chi connectivity index (χ3n) is 5.12. The number of urea groups is 1. The zero-order valence-electron chi connectivity index (χ0n) is 14.7. The molecular formula is C19H27N3O3. The summed E-state index contributed by atoms with van der Waals surface area (Å²) in [6, 6.07) is 9.26. The summed E-state index contributed by atoms with van der Waals surface area (Å²) in [4.78, 5) is 26.8. The van der Waals surface area contributed by atoms with Gasteiger partial charge in [0.05, 0.1) is 12.1 Å². The molecule has 1 heterocycles. The zero-order valence-corrected chi connectivity index (χ0v) is 14.7. The van der Waals surface area contributed by atoms with Crippen LogP contribution >= 0.6 is 0 Å². The number of ether oxygens (including phenoxy) is 1. The van der Waals surface area contributed by atoms with E-state index >= 15 is 0 Å². The molecule has 25 heavy (non-hydrogen) atoms. The van der Waals surface area contributed by atoms with Gasteiger partial charge in [-0.15, -0.1) is 0 Å². The molecule has 0 spiro atoms. The Morgan fingerprint density at radius 2 is 1.96 bits per heavy atom. The van der Waals surface area contributed by atoms with Gasteiger partial charge in [-0.2, -0.15) is 0 Å². The summed E-state index contributed by atoms with van der Waals surface area (Å²) in [5.74, 6) is -0.0000310. The number of rotatable bonds is 5. The van der Waals surface area contributed by atoms with E-state index < -0.39 is 6.04 Å². The molecule has 0 unspecified atom stereocenters. The van der Waals surface area contributed by atoms with Gasteiger partial charge in [-0.1, -0.05) is 30.3 Å². The highest BCUT2D eigenvalue weighted by molar-refractivity contribution is 5.87. The van der Waals surface area contributed by atoms with Crippen LogP contribution < -0.4 is 10.6 Å². The van der Waals surface area contributed by atoms with E-state index in [9.17, 15) is 9.59 Å². The first kappa shape index (κ1) is 17.7. The number of piperidine rings is 1. The van der Waals surface area contributed by atoms with Crippen LogP contribution in [-0.2, 0) is 16.1 Å². The molecule has 1 saturated carbocycles. The van der Waals surface area contributed by atoms with Gasteiger partial charge in [-0.3, -0.25) is 4.79 Å². The molecule has 6 heteroatoms. The van der Waals surface area contributed by atoms with Gasteiger partial charge in [0.15, 0.2) is 0 Å². The molecule has 0 bridgehead atoms. The third kappa shape index (κ3) is 4.51. The molecule has 3 rings (SSSR count). The SMILES string of the molecule is CO[C@@H]1CCC[C@H]1NC(=O)N[C@H]1CCCN(Cc2ccccc2)C1=O. The smallest absolute Gasteiger partial charge is 0.315 e. The van der Waals surface area contributed by atoms with Crippen molar-refractivity contribution in [3.05, 3.63) is 35.9 Å².